The Kier molecular flexibility index (Phi) is 18.7. The number of nitrogens with one attached hydrogen (secondary N) is 9. The molecule has 0 spiro atoms. The van der Waals surface area contributed by atoms with E-state index in [4.69, 9.17) is 11.5 Å². The average Bonchev–Trinajstić information content (AvgIpc) is 3.07. The topological polar surface area (TPSA) is 266 Å². The Bertz CT molecular complexity index is 1330. The molecule has 17 nitrogen and oxygen atoms in total. The van der Waals surface area contributed by atoms with Crippen molar-refractivity contribution in [2.75, 3.05) is 45.8 Å². The number of carbonyl (C=O) groups excluding carboxylic acids is 5. The van der Waals surface area contributed by atoms with Gasteiger partial charge in [0.2, 0.25) is 0 Å². The van der Waals surface area contributed by atoms with Crippen LogP contribution in [0, 0.1) is 5.92 Å². The minimum Gasteiger partial charge on any atom is -0.508 e. The van der Waals surface area contributed by atoms with Crippen LogP contribution in [0.15, 0.2) is 54.6 Å². The first-order chi connectivity index (χ1) is 23.9. The van der Waals surface area contributed by atoms with Gasteiger partial charge in [0.15, 0.2) is 0 Å². The second-order valence-electron chi connectivity index (χ2n) is 12.1. The largest absolute Gasteiger partial charge is 0.508 e. The Hall–Kier alpha value is -5.45. The number of amides is 10. The molecule has 3 unspecified atom stereocenters. The molecule has 0 aliphatic carbocycles. The molecule has 0 fully saturated rings. The first kappa shape index (κ1) is 40.7. The molecular formula is C33H53N11O6. The number of rotatable bonds is 20. The fourth-order valence-electron chi connectivity index (χ4n) is 4.88. The zero-order chi connectivity index (χ0) is 36.7. The van der Waals surface area contributed by atoms with Crippen LogP contribution in [0.4, 0.5) is 24.0 Å². The molecule has 0 saturated carbocycles. The van der Waals surface area contributed by atoms with Crippen molar-refractivity contribution in [1.82, 2.24) is 47.9 Å². The van der Waals surface area contributed by atoms with E-state index in [-0.39, 0.29) is 69.6 Å². The molecular weight excluding hydrogens is 646 g/mol. The molecule has 17 heteroatoms. The predicted octanol–water partition coefficient (Wildman–Crippen LogP) is 0.153. The third-order valence-electron chi connectivity index (χ3n) is 7.21. The molecule has 2 aromatic rings. The van der Waals surface area contributed by atoms with E-state index in [1.807, 2.05) is 44.2 Å². The molecule has 2 aromatic carbocycles. The summed E-state index contributed by atoms with van der Waals surface area (Å²) < 4.78 is 0. The van der Waals surface area contributed by atoms with E-state index in [2.05, 4.69) is 47.9 Å². The Morgan fingerprint density at radius 2 is 1.06 bits per heavy atom. The van der Waals surface area contributed by atoms with Gasteiger partial charge in [0, 0.05) is 57.9 Å². The molecule has 2 rings (SSSR count). The number of primary amides is 1. The summed E-state index contributed by atoms with van der Waals surface area (Å²) in [5, 5.41) is 33.7. The quantitative estimate of drug-likeness (QED) is 0.0851. The summed E-state index contributed by atoms with van der Waals surface area (Å²) in [4.78, 5) is 60.8. The van der Waals surface area contributed by atoms with Gasteiger partial charge in [-0.3, -0.25) is 0 Å². The van der Waals surface area contributed by atoms with Gasteiger partial charge in [0.1, 0.15) is 5.75 Å². The molecule has 10 amide bonds. The van der Waals surface area contributed by atoms with Gasteiger partial charge in [-0.25, -0.2) is 24.0 Å². The molecule has 3 atom stereocenters. The van der Waals surface area contributed by atoms with Crippen LogP contribution < -0.4 is 59.3 Å². The average molecular weight is 700 g/mol. The minimum atomic E-state index is -0.665. The standard InChI is InChI=1S/C33H53N11O6/c1-22(2)16-26(42-29(35)46)20-41-33(50)44-27(18-23-6-4-3-5-7-23)21-40-31(48)38-13-12-36-30(47)37-14-15-39-32(49)43-25(19-34)17-24-8-10-28(45)11-9-24/h3-11,22,25-27,45H,12-21,34H2,1-2H3,(H3,35,42,46)(H2,36,37,47)(H2,38,40,48)(H2,39,43,49)(H2,41,44,50). The summed E-state index contributed by atoms with van der Waals surface area (Å²) in [6.07, 6.45) is 1.58. The number of carbonyl (C=O) groups is 5. The predicted molar refractivity (Wildman–Crippen MR) is 190 cm³/mol. The number of hydrogen-bond acceptors (Lipinski definition) is 7. The zero-order valence-corrected chi connectivity index (χ0v) is 28.7. The van der Waals surface area contributed by atoms with Crippen molar-refractivity contribution in [3.05, 3.63) is 65.7 Å². The van der Waals surface area contributed by atoms with Crippen LogP contribution in [0.25, 0.3) is 0 Å². The van der Waals surface area contributed by atoms with Crippen LogP contribution in [0.1, 0.15) is 31.4 Å². The number of phenolic OH excluding ortho intramolecular Hbond substituents is 1. The normalized spacial score (nSPS) is 12.4. The fraction of sp³-hybridized carbons (Fsp3) is 0.485. The number of phenols is 1. The van der Waals surface area contributed by atoms with Gasteiger partial charge in [0.05, 0.1) is 6.04 Å². The monoisotopic (exact) mass is 699 g/mol. The highest BCUT2D eigenvalue weighted by Crippen LogP contribution is 2.11. The van der Waals surface area contributed by atoms with Gasteiger partial charge < -0.3 is 64.4 Å². The summed E-state index contributed by atoms with van der Waals surface area (Å²) in [5.41, 5.74) is 12.9. The van der Waals surface area contributed by atoms with Crippen molar-refractivity contribution in [2.24, 2.45) is 17.4 Å². The highest BCUT2D eigenvalue weighted by Gasteiger charge is 2.18. The maximum absolute atomic E-state index is 12.7. The summed E-state index contributed by atoms with van der Waals surface area (Å²) in [6, 6.07) is 12.6. The lowest BCUT2D eigenvalue weighted by Crippen LogP contribution is -2.53. The van der Waals surface area contributed by atoms with Crippen molar-refractivity contribution < 1.29 is 29.1 Å². The molecule has 14 N–H and O–H groups in total. The third-order valence-corrected chi connectivity index (χ3v) is 7.21. The highest BCUT2D eigenvalue weighted by atomic mass is 16.3. The lowest BCUT2D eigenvalue weighted by molar-refractivity contribution is 0.228. The first-order valence-electron chi connectivity index (χ1n) is 16.6. The number of urea groups is 5. The van der Waals surface area contributed by atoms with Crippen molar-refractivity contribution in [3.63, 3.8) is 0 Å². The number of nitrogens with two attached hydrogens (primary N) is 2. The number of hydrogen-bond donors (Lipinski definition) is 12. The molecule has 0 aromatic heterocycles. The van der Waals surface area contributed by atoms with Crippen LogP contribution in [-0.2, 0) is 12.8 Å². The van der Waals surface area contributed by atoms with Crippen LogP contribution >= 0.6 is 0 Å². The van der Waals surface area contributed by atoms with E-state index in [1.165, 1.54) is 0 Å². The summed E-state index contributed by atoms with van der Waals surface area (Å²) in [5.74, 6) is 0.432. The van der Waals surface area contributed by atoms with Crippen LogP contribution in [-0.4, -0.2) is 99.2 Å². The van der Waals surface area contributed by atoms with Crippen molar-refractivity contribution >= 4 is 30.2 Å². The van der Waals surface area contributed by atoms with Gasteiger partial charge >= 0.3 is 30.2 Å². The van der Waals surface area contributed by atoms with Crippen LogP contribution in [0.2, 0.25) is 0 Å². The van der Waals surface area contributed by atoms with E-state index in [0.29, 0.717) is 19.3 Å². The maximum atomic E-state index is 12.7. The van der Waals surface area contributed by atoms with E-state index < -0.39 is 36.2 Å². The molecule has 0 aliphatic heterocycles. The van der Waals surface area contributed by atoms with Crippen molar-refractivity contribution in [2.45, 2.75) is 51.2 Å². The number of benzene rings is 2. The van der Waals surface area contributed by atoms with E-state index in [1.54, 1.807) is 24.3 Å². The highest BCUT2D eigenvalue weighted by molar-refractivity contribution is 5.77. The Balaban J connectivity index is 1.66. The molecule has 0 saturated heterocycles. The molecule has 0 bridgehead atoms. The lowest BCUT2D eigenvalue weighted by Gasteiger charge is -2.23. The van der Waals surface area contributed by atoms with Gasteiger partial charge in [-0.05, 0) is 48.4 Å². The zero-order valence-electron chi connectivity index (χ0n) is 28.7. The Labute approximate surface area is 292 Å². The van der Waals surface area contributed by atoms with Crippen LogP contribution in [0.3, 0.4) is 0 Å². The summed E-state index contributed by atoms with van der Waals surface area (Å²) in [6.45, 7) is 5.16. The van der Waals surface area contributed by atoms with E-state index >= 15 is 0 Å². The van der Waals surface area contributed by atoms with E-state index in [9.17, 15) is 29.1 Å². The van der Waals surface area contributed by atoms with Gasteiger partial charge in [-0.1, -0.05) is 56.3 Å². The first-order valence-corrected chi connectivity index (χ1v) is 16.6. The molecule has 50 heavy (non-hydrogen) atoms. The second-order valence-corrected chi connectivity index (χ2v) is 12.1. The second kappa shape index (κ2) is 23.0. The Morgan fingerprint density at radius 3 is 1.62 bits per heavy atom. The lowest BCUT2D eigenvalue weighted by atomic mass is 10.0. The maximum Gasteiger partial charge on any atom is 0.315 e. The molecule has 0 aliphatic rings. The molecule has 0 radical (unpaired) electrons. The summed E-state index contributed by atoms with van der Waals surface area (Å²) in [7, 11) is 0. The number of aromatic hydroxyl groups is 1. The Morgan fingerprint density at radius 1 is 0.600 bits per heavy atom. The van der Waals surface area contributed by atoms with Gasteiger partial charge in [-0.15, -0.1) is 0 Å². The van der Waals surface area contributed by atoms with Crippen LogP contribution in [0.5, 0.6) is 5.75 Å². The minimum absolute atomic E-state index is 0.125. The third kappa shape index (κ3) is 18.8. The smallest absolute Gasteiger partial charge is 0.315 e. The van der Waals surface area contributed by atoms with Crippen molar-refractivity contribution in [3.8, 4) is 5.75 Å². The van der Waals surface area contributed by atoms with Gasteiger partial charge in [-0.2, -0.15) is 0 Å². The molecule has 0 heterocycles. The summed E-state index contributed by atoms with van der Waals surface area (Å²) >= 11 is 0. The van der Waals surface area contributed by atoms with E-state index in [0.717, 1.165) is 11.1 Å². The SMILES string of the molecule is CC(C)CC(CNC(=O)NC(CNC(=O)NCCNC(=O)NCCNC(=O)NC(CN)Cc1ccc(O)cc1)Cc1ccccc1)NC(N)=O. The fourth-order valence-corrected chi connectivity index (χ4v) is 4.88. The van der Waals surface area contributed by atoms with Gasteiger partial charge in [0.25, 0.3) is 0 Å². The molecule has 276 valence electrons. The van der Waals surface area contributed by atoms with Crippen molar-refractivity contribution in [1.29, 1.82) is 0 Å².